The molecule has 1 aromatic heterocycles. The summed E-state index contributed by atoms with van der Waals surface area (Å²) < 4.78 is 19.2. The van der Waals surface area contributed by atoms with Crippen LogP contribution in [-0.2, 0) is 0 Å². The third-order valence-corrected chi connectivity index (χ3v) is 4.88. The second-order valence-corrected chi connectivity index (χ2v) is 6.89. The Kier molecular flexibility index (Phi) is 4.69. The van der Waals surface area contributed by atoms with Crippen LogP contribution in [0.3, 0.4) is 0 Å². The summed E-state index contributed by atoms with van der Waals surface area (Å²) in [6.45, 7) is 1.000. The number of hydrogen-bond donors (Lipinski definition) is 2. The predicted octanol–water partition coefficient (Wildman–Crippen LogP) is 1.97. The second kappa shape index (κ2) is 7.13. The van der Waals surface area contributed by atoms with Gasteiger partial charge in [0.15, 0.2) is 0 Å². The fourth-order valence-corrected chi connectivity index (χ4v) is 3.33. The lowest BCUT2D eigenvalue weighted by molar-refractivity contribution is 0.0937. The highest BCUT2D eigenvalue weighted by Gasteiger charge is 2.34. The molecule has 4 rings (SSSR count). The highest BCUT2D eigenvalue weighted by molar-refractivity contribution is 5.90. The summed E-state index contributed by atoms with van der Waals surface area (Å²) >= 11 is 0. The van der Waals surface area contributed by atoms with E-state index in [9.17, 15) is 14.3 Å². The average molecular weight is 360 g/mol. The molecule has 138 valence electrons. The van der Waals surface area contributed by atoms with Gasteiger partial charge in [-0.3, -0.25) is 9.69 Å². The summed E-state index contributed by atoms with van der Waals surface area (Å²) in [6, 6.07) is 6.26. The van der Waals surface area contributed by atoms with Crippen LogP contribution >= 0.6 is 0 Å². The molecule has 2 fully saturated rings. The lowest BCUT2D eigenvalue weighted by Crippen LogP contribution is -2.29. The van der Waals surface area contributed by atoms with E-state index in [-0.39, 0.29) is 35.9 Å². The maximum Gasteiger partial charge on any atom is 0.292 e. The molecule has 2 aliphatic rings. The number of carbonyl (C=O) groups is 1. The van der Waals surface area contributed by atoms with E-state index in [0.29, 0.717) is 5.89 Å². The van der Waals surface area contributed by atoms with Crippen molar-refractivity contribution in [1.82, 2.24) is 20.4 Å². The quantitative estimate of drug-likeness (QED) is 0.818. The summed E-state index contributed by atoms with van der Waals surface area (Å²) in [5, 5.41) is 17.0. The number of β-amino-alcohol motifs (C(OH)–C–C–N with tert-alkyl or cyclic N) is 1. The molecule has 2 aromatic rings. The van der Waals surface area contributed by atoms with E-state index in [4.69, 9.17) is 4.52 Å². The molecule has 1 amide bonds. The Hall–Kier alpha value is -2.32. The zero-order chi connectivity index (χ0) is 18.1. The van der Waals surface area contributed by atoms with Gasteiger partial charge in [-0.1, -0.05) is 23.4 Å². The van der Waals surface area contributed by atoms with E-state index in [1.807, 2.05) is 4.90 Å². The number of aliphatic hydroxyl groups is 1. The molecule has 8 heteroatoms. The maximum atomic E-state index is 13.9. The third-order valence-electron chi connectivity index (χ3n) is 4.88. The van der Waals surface area contributed by atoms with Crippen molar-refractivity contribution >= 4 is 5.91 Å². The minimum absolute atomic E-state index is 0.0356. The van der Waals surface area contributed by atoms with Crippen molar-refractivity contribution in [3.05, 3.63) is 47.4 Å². The number of hydrogen-bond acceptors (Lipinski definition) is 6. The number of nitrogens with zero attached hydrogens (tertiary/aromatic N) is 3. The molecule has 2 heterocycles. The van der Waals surface area contributed by atoms with Gasteiger partial charge < -0.3 is 14.9 Å². The number of carbonyl (C=O) groups excluding carboxylic acids is 1. The van der Waals surface area contributed by atoms with E-state index in [2.05, 4.69) is 15.5 Å². The molecule has 1 aliphatic carbocycles. The Balaban J connectivity index is 1.44. The van der Waals surface area contributed by atoms with E-state index < -0.39 is 11.9 Å². The molecule has 1 saturated heterocycles. The summed E-state index contributed by atoms with van der Waals surface area (Å²) in [6.07, 6.45) is 2.72. The molecule has 7 nitrogen and oxygen atoms in total. The Morgan fingerprint density at radius 1 is 1.38 bits per heavy atom. The van der Waals surface area contributed by atoms with Crippen LogP contribution in [0.15, 0.2) is 28.8 Å². The second-order valence-electron chi connectivity index (χ2n) is 6.89. The fraction of sp³-hybridized carbons (Fsp3) is 0.500. The van der Waals surface area contributed by atoms with Crippen molar-refractivity contribution < 1.29 is 18.8 Å². The van der Waals surface area contributed by atoms with Crippen molar-refractivity contribution in [2.45, 2.75) is 43.9 Å². The Bertz CT molecular complexity index is 792. The normalized spacial score (nSPS) is 21.7. The van der Waals surface area contributed by atoms with Crippen LogP contribution in [0, 0.1) is 5.82 Å². The number of aliphatic hydroxyl groups excluding tert-OH is 1. The largest absolute Gasteiger partial charge is 0.387 e. The van der Waals surface area contributed by atoms with Gasteiger partial charge in [-0.15, -0.1) is 0 Å². The third kappa shape index (κ3) is 3.61. The van der Waals surface area contributed by atoms with Crippen molar-refractivity contribution in [2.24, 2.45) is 0 Å². The van der Waals surface area contributed by atoms with E-state index in [1.165, 1.54) is 6.07 Å². The number of likely N-dealkylation sites (tertiary alicyclic amines) is 1. The van der Waals surface area contributed by atoms with Crippen molar-refractivity contribution in [3.63, 3.8) is 0 Å². The molecule has 1 aromatic carbocycles. The zero-order valence-electron chi connectivity index (χ0n) is 14.3. The van der Waals surface area contributed by atoms with E-state index in [1.54, 1.807) is 18.2 Å². The summed E-state index contributed by atoms with van der Waals surface area (Å²) in [7, 11) is 0. The molecule has 0 bridgehead atoms. The van der Waals surface area contributed by atoms with Gasteiger partial charge >= 0.3 is 0 Å². The number of nitrogens with one attached hydrogen (secondary N) is 1. The lowest BCUT2D eigenvalue weighted by Gasteiger charge is -2.24. The highest BCUT2D eigenvalue weighted by atomic mass is 19.1. The van der Waals surface area contributed by atoms with Gasteiger partial charge in [0.05, 0.1) is 12.1 Å². The number of amides is 1. The maximum absolute atomic E-state index is 13.9. The monoisotopic (exact) mass is 360 g/mol. The molecule has 0 spiro atoms. The molecule has 0 radical (unpaired) electrons. The molecule has 1 saturated carbocycles. The minimum atomic E-state index is -0.947. The minimum Gasteiger partial charge on any atom is -0.387 e. The van der Waals surface area contributed by atoms with Crippen LogP contribution in [0.4, 0.5) is 4.39 Å². The van der Waals surface area contributed by atoms with E-state index in [0.717, 1.165) is 32.2 Å². The SMILES string of the molecule is O=C(NC1CC1)c1noc([C@@H]2CCCN2C[C@H](O)c2ccccc2F)n1. The van der Waals surface area contributed by atoms with Crippen molar-refractivity contribution in [3.8, 4) is 0 Å². The number of halogens is 1. The molecule has 0 unspecified atom stereocenters. The topological polar surface area (TPSA) is 91.5 Å². The van der Waals surface area contributed by atoms with Gasteiger partial charge in [0.25, 0.3) is 11.7 Å². The number of aromatic nitrogens is 2. The standard InChI is InChI=1S/C18H21FN4O3/c19-13-5-2-1-4-12(13)15(24)10-23-9-3-6-14(23)18-21-16(22-26-18)17(25)20-11-7-8-11/h1-2,4-5,11,14-15,24H,3,6-10H2,(H,20,25)/t14-,15-/m0/s1. The molecule has 2 N–H and O–H groups in total. The number of rotatable bonds is 6. The van der Waals surface area contributed by atoms with Gasteiger partial charge in [0, 0.05) is 18.2 Å². The van der Waals surface area contributed by atoms with Crippen LogP contribution < -0.4 is 5.32 Å². The van der Waals surface area contributed by atoms with Gasteiger partial charge in [-0.2, -0.15) is 4.98 Å². The summed E-state index contributed by atoms with van der Waals surface area (Å²) in [4.78, 5) is 18.2. The molecular weight excluding hydrogens is 339 g/mol. The first kappa shape index (κ1) is 17.1. The summed E-state index contributed by atoms with van der Waals surface area (Å²) in [5.41, 5.74) is 0.271. The van der Waals surface area contributed by atoms with Crippen LogP contribution in [0.25, 0.3) is 0 Å². The van der Waals surface area contributed by atoms with Crippen LogP contribution in [-0.4, -0.2) is 45.2 Å². The van der Waals surface area contributed by atoms with Crippen LogP contribution in [0.2, 0.25) is 0 Å². The van der Waals surface area contributed by atoms with Crippen LogP contribution in [0.5, 0.6) is 0 Å². The smallest absolute Gasteiger partial charge is 0.292 e. The van der Waals surface area contributed by atoms with Gasteiger partial charge in [-0.05, 0) is 38.3 Å². The first-order chi connectivity index (χ1) is 12.6. The summed E-state index contributed by atoms with van der Waals surface area (Å²) in [5.74, 6) is -0.344. The Morgan fingerprint density at radius 3 is 2.96 bits per heavy atom. The van der Waals surface area contributed by atoms with Crippen molar-refractivity contribution in [1.29, 1.82) is 0 Å². The fourth-order valence-electron chi connectivity index (χ4n) is 3.33. The zero-order valence-corrected chi connectivity index (χ0v) is 14.3. The first-order valence-electron chi connectivity index (χ1n) is 8.93. The van der Waals surface area contributed by atoms with Gasteiger partial charge in [0.1, 0.15) is 5.82 Å². The Labute approximate surface area is 150 Å². The van der Waals surface area contributed by atoms with Crippen molar-refractivity contribution in [2.75, 3.05) is 13.1 Å². The Morgan fingerprint density at radius 2 is 2.19 bits per heavy atom. The predicted molar refractivity (Wildman–Crippen MR) is 89.7 cm³/mol. The lowest BCUT2D eigenvalue weighted by atomic mass is 10.1. The van der Waals surface area contributed by atoms with Crippen LogP contribution in [0.1, 0.15) is 59.9 Å². The highest BCUT2D eigenvalue weighted by Crippen LogP contribution is 2.33. The molecular formula is C18H21FN4O3. The average Bonchev–Trinajstić information content (AvgIpc) is 3.11. The first-order valence-corrected chi connectivity index (χ1v) is 8.93. The van der Waals surface area contributed by atoms with Gasteiger partial charge in [-0.25, -0.2) is 4.39 Å². The molecule has 26 heavy (non-hydrogen) atoms. The molecule has 2 atom stereocenters. The van der Waals surface area contributed by atoms with E-state index >= 15 is 0 Å². The molecule has 1 aliphatic heterocycles. The van der Waals surface area contributed by atoms with Gasteiger partial charge in [0.2, 0.25) is 5.89 Å². The number of benzene rings is 1.